The topological polar surface area (TPSA) is 46.5 Å². The molecule has 2 atom stereocenters. The van der Waals surface area contributed by atoms with Gasteiger partial charge in [0.25, 0.3) is 0 Å². The van der Waals surface area contributed by atoms with Gasteiger partial charge in [-0.25, -0.2) is 9.18 Å². The summed E-state index contributed by atoms with van der Waals surface area (Å²) >= 11 is 0. The molecule has 10 heavy (non-hydrogen) atoms. The molecular weight excluding hydrogens is 139 g/mol. The van der Waals surface area contributed by atoms with E-state index in [0.717, 1.165) is 0 Å². The molecule has 0 heterocycles. The van der Waals surface area contributed by atoms with Crippen LogP contribution in [0.15, 0.2) is 0 Å². The third-order valence-corrected chi connectivity index (χ3v) is 1.08. The van der Waals surface area contributed by atoms with Crippen molar-refractivity contribution in [2.45, 2.75) is 26.1 Å². The molecule has 60 valence electrons. The Kier molecular flexibility index (Phi) is 3.95. The summed E-state index contributed by atoms with van der Waals surface area (Å²) in [6, 6.07) is 0. The molecule has 0 fully saturated rings. The van der Waals surface area contributed by atoms with Crippen molar-refractivity contribution < 1.29 is 19.0 Å². The van der Waals surface area contributed by atoms with Crippen LogP contribution in [0.1, 0.15) is 13.8 Å². The van der Waals surface area contributed by atoms with Crippen LogP contribution in [-0.4, -0.2) is 30.0 Å². The first-order valence-corrected chi connectivity index (χ1v) is 3.08. The van der Waals surface area contributed by atoms with Gasteiger partial charge in [0.05, 0.1) is 6.10 Å². The Morgan fingerprint density at radius 2 is 2.30 bits per heavy atom. The molecule has 0 saturated heterocycles. The smallest absolute Gasteiger partial charge is 0.341 e. The predicted molar refractivity (Wildman–Crippen MR) is 33.6 cm³/mol. The van der Waals surface area contributed by atoms with Crippen LogP contribution in [0.4, 0.5) is 4.39 Å². The van der Waals surface area contributed by atoms with Crippen LogP contribution in [0.3, 0.4) is 0 Å². The molecule has 0 aromatic heterocycles. The molecule has 0 amide bonds. The Bertz CT molecular complexity index is 116. The summed E-state index contributed by atoms with van der Waals surface area (Å²) in [5, 5.41) is 8.12. The molecule has 0 aliphatic rings. The number of rotatable bonds is 4. The molecular formula is C6H11FO3. The summed E-state index contributed by atoms with van der Waals surface area (Å²) in [5.41, 5.74) is 0. The fourth-order valence-corrected chi connectivity index (χ4v) is 0.548. The number of ether oxygens (including phenoxy) is 1. The number of carboxylic acids is 1. The van der Waals surface area contributed by atoms with Crippen LogP contribution >= 0.6 is 0 Å². The average molecular weight is 150 g/mol. The van der Waals surface area contributed by atoms with Gasteiger partial charge in [-0.15, -0.1) is 0 Å². The molecule has 0 aromatic rings. The molecule has 0 saturated carbocycles. The van der Waals surface area contributed by atoms with Crippen LogP contribution in [0.25, 0.3) is 0 Å². The lowest BCUT2D eigenvalue weighted by atomic mass is 10.2. The standard InChI is InChI=1S/C6H11FO3/c1-3-10-4(2)5(7)6(8)9/h4-5H,3H2,1-2H3,(H,8,9). The number of hydrogen-bond acceptors (Lipinski definition) is 2. The average Bonchev–Trinajstić information content (AvgIpc) is 1.87. The summed E-state index contributed by atoms with van der Waals surface area (Å²) in [6.07, 6.45) is -2.78. The van der Waals surface area contributed by atoms with Crippen molar-refractivity contribution in [3.8, 4) is 0 Å². The van der Waals surface area contributed by atoms with Crippen molar-refractivity contribution in [3.05, 3.63) is 0 Å². The third kappa shape index (κ3) is 2.77. The van der Waals surface area contributed by atoms with Gasteiger partial charge in [-0.05, 0) is 13.8 Å². The first-order chi connectivity index (χ1) is 4.59. The lowest BCUT2D eigenvalue weighted by molar-refractivity contribution is -0.148. The van der Waals surface area contributed by atoms with Gasteiger partial charge in [-0.2, -0.15) is 0 Å². The normalized spacial score (nSPS) is 16.3. The van der Waals surface area contributed by atoms with Crippen LogP contribution < -0.4 is 0 Å². The van der Waals surface area contributed by atoms with Gasteiger partial charge in [-0.3, -0.25) is 0 Å². The number of aliphatic carboxylic acids is 1. The van der Waals surface area contributed by atoms with Gasteiger partial charge in [0, 0.05) is 6.61 Å². The SMILES string of the molecule is CCOC(C)C(F)C(=O)O. The van der Waals surface area contributed by atoms with E-state index in [0.29, 0.717) is 6.61 Å². The molecule has 0 aromatic carbocycles. The van der Waals surface area contributed by atoms with E-state index in [4.69, 9.17) is 9.84 Å². The fraction of sp³-hybridized carbons (Fsp3) is 0.833. The number of halogens is 1. The van der Waals surface area contributed by atoms with Gasteiger partial charge >= 0.3 is 5.97 Å². The van der Waals surface area contributed by atoms with Gasteiger partial charge < -0.3 is 9.84 Å². The molecule has 0 radical (unpaired) electrons. The summed E-state index contributed by atoms with van der Waals surface area (Å²) in [4.78, 5) is 9.96. The molecule has 0 bridgehead atoms. The zero-order valence-corrected chi connectivity index (χ0v) is 6.00. The Balaban J connectivity index is 3.69. The second kappa shape index (κ2) is 4.22. The summed E-state index contributed by atoms with van der Waals surface area (Å²) in [6.45, 7) is 3.40. The minimum Gasteiger partial charge on any atom is -0.479 e. The fourth-order valence-electron chi connectivity index (χ4n) is 0.548. The number of carbonyl (C=O) groups is 1. The molecule has 2 unspecified atom stereocenters. The zero-order valence-electron chi connectivity index (χ0n) is 6.00. The van der Waals surface area contributed by atoms with Crippen LogP contribution in [-0.2, 0) is 9.53 Å². The highest BCUT2D eigenvalue weighted by molar-refractivity contribution is 5.72. The maximum absolute atomic E-state index is 12.4. The molecule has 0 rings (SSSR count). The lowest BCUT2D eigenvalue weighted by Gasteiger charge is -2.11. The highest BCUT2D eigenvalue weighted by Crippen LogP contribution is 2.02. The van der Waals surface area contributed by atoms with Crippen molar-refractivity contribution >= 4 is 5.97 Å². The molecule has 1 N–H and O–H groups in total. The van der Waals surface area contributed by atoms with E-state index in [1.54, 1.807) is 6.92 Å². The maximum atomic E-state index is 12.4. The maximum Gasteiger partial charge on any atom is 0.341 e. The van der Waals surface area contributed by atoms with E-state index < -0.39 is 18.2 Å². The Labute approximate surface area is 58.8 Å². The minimum absolute atomic E-state index is 0.328. The highest BCUT2D eigenvalue weighted by Gasteiger charge is 2.23. The van der Waals surface area contributed by atoms with Crippen molar-refractivity contribution in [3.63, 3.8) is 0 Å². The Morgan fingerprint density at radius 1 is 1.80 bits per heavy atom. The summed E-state index contributed by atoms with van der Waals surface area (Å²) in [7, 11) is 0. The monoisotopic (exact) mass is 150 g/mol. The van der Waals surface area contributed by atoms with Crippen molar-refractivity contribution in [2.75, 3.05) is 6.61 Å². The highest BCUT2D eigenvalue weighted by atomic mass is 19.1. The molecule has 0 aliphatic heterocycles. The van der Waals surface area contributed by atoms with E-state index in [9.17, 15) is 9.18 Å². The molecule has 4 heteroatoms. The van der Waals surface area contributed by atoms with Crippen molar-refractivity contribution in [2.24, 2.45) is 0 Å². The van der Waals surface area contributed by atoms with Crippen molar-refractivity contribution in [1.82, 2.24) is 0 Å². The van der Waals surface area contributed by atoms with Crippen LogP contribution in [0, 0.1) is 0 Å². The Hall–Kier alpha value is -0.640. The quantitative estimate of drug-likeness (QED) is 0.645. The van der Waals surface area contributed by atoms with Gasteiger partial charge in [0.1, 0.15) is 0 Å². The van der Waals surface area contributed by atoms with E-state index >= 15 is 0 Å². The first-order valence-electron chi connectivity index (χ1n) is 3.08. The number of hydrogen-bond donors (Lipinski definition) is 1. The summed E-state index contributed by atoms with van der Waals surface area (Å²) < 4.78 is 17.1. The predicted octanol–water partition coefficient (Wildman–Crippen LogP) is 0.834. The second-order valence-electron chi connectivity index (χ2n) is 1.90. The molecule has 0 aliphatic carbocycles. The number of carboxylic acid groups (broad SMARTS) is 1. The molecule has 0 spiro atoms. The summed E-state index contributed by atoms with van der Waals surface area (Å²) in [5.74, 6) is -1.47. The van der Waals surface area contributed by atoms with Crippen LogP contribution in [0.5, 0.6) is 0 Å². The van der Waals surface area contributed by atoms with Crippen LogP contribution in [0.2, 0.25) is 0 Å². The van der Waals surface area contributed by atoms with E-state index in [1.807, 2.05) is 0 Å². The number of alkyl halides is 1. The zero-order chi connectivity index (χ0) is 8.15. The minimum atomic E-state index is -1.92. The van der Waals surface area contributed by atoms with E-state index in [2.05, 4.69) is 0 Å². The third-order valence-electron chi connectivity index (χ3n) is 1.08. The second-order valence-corrected chi connectivity index (χ2v) is 1.90. The molecule has 3 nitrogen and oxygen atoms in total. The Morgan fingerprint density at radius 3 is 2.60 bits per heavy atom. The van der Waals surface area contributed by atoms with Gasteiger partial charge in [0.15, 0.2) is 0 Å². The van der Waals surface area contributed by atoms with Crippen molar-refractivity contribution in [1.29, 1.82) is 0 Å². The van der Waals surface area contributed by atoms with Gasteiger partial charge in [-0.1, -0.05) is 0 Å². The van der Waals surface area contributed by atoms with Gasteiger partial charge in [0.2, 0.25) is 6.17 Å². The largest absolute Gasteiger partial charge is 0.479 e. The lowest BCUT2D eigenvalue weighted by Crippen LogP contribution is -2.29. The van der Waals surface area contributed by atoms with E-state index in [-0.39, 0.29) is 0 Å². The first kappa shape index (κ1) is 9.36. The van der Waals surface area contributed by atoms with E-state index in [1.165, 1.54) is 6.92 Å².